The lowest BCUT2D eigenvalue weighted by molar-refractivity contribution is 0.475. The third-order valence-corrected chi connectivity index (χ3v) is 4.99. The van der Waals surface area contributed by atoms with Gasteiger partial charge in [-0.15, -0.1) is 0 Å². The fraction of sp³-hybridized carbons (Fsp3) is 0.227. The molecule has 0 amide bonds. The summed E-state index contributed by atoms with van der Waals surface area (Å²) in [6.45, 7) is 2.78. The molecule has 2 aromatic carbocycles. The van der Waals surface area contributed by atoms with Crippen LogP contribution in [0.4, 0.5) is 0 Å². The highest BCUT2D eigenvalue weighted by molar-refractivity contribution is 6.36. The van der Waals surface area contributed by atoms with Crippen molar-refractivity contribution in [3.63, 3.8) is 0 Å². The second kappa shape index (κ2) is 9.28. The van der Waals surface area contributed by atoms with E-state index in [-0.39, 0.29) is 11.8 Å². The Morgan fingerprint density at radius 2 is 1.89 bits per heavy atom. The summed E-state index contributed by atoms with van der Waals surface area (Å²) in [6, 6.07) is 12.2. The van der Waals surface area contributed by atoms with Gasteiger partial charge in [0.25, 0.3) is 0 Å². The zero-order valence-electron chi connectivity index (χ0n) is 15.6. The molecule has 6 heteroatoms. The summed E-state index contributed by atoms with van der Waals surface area (Å²) in [7, 11) is 0. The predicted molar refractivity (Wildman–Crippen MR) is 116 cm³/mol. The molecule has 0 spiro atoms. The standard InChI is InChI=1S/C22H23Cl2N3O/c1-2-3-4-11-27-14-21(18-10-7-16(23)13-19(18)24)26-22(27)20(25)12-15-5-8-17(28)9-6-15/h3-10,13-14,20,28H,2,11-12,25H2,1H3/t20-/m0/s1. The molecule has 1 aromatic heterocycles. The van der Waals surface area contributed by atoms with Crippen LogP contribution in [0, 0.1) is 0 Å². The predicted octanol–water partition coefficient (Wildman–Crippen LogP) is 5.77. The maximum absolute atomic E-state index is 9.47. The van der Waals surface area contributed by atoms with Crippen LogP contribution < -0.4 is 5.73 Å². The summed E-state index contributed by atoms with van der Waals surface area (Å²) >= 11 is 12.4. The van der Waals surface area contributed by atoms with E-state index in [0.29, 0.717) is 23.0 Å². The molecule has 0 bridgehead atoms. The monoisotopic (exact) mass is 415 g/mol. The number of halogens is 2. The third-order valence-electron chi connectivity index (χ3n) is 4.44. The highest BCUT2D eigenvalue weighted by atomic mass is 35.5. The molecule has 3 aromatic rings. The average molecular weight is 416 g/mol. The molecule has 28 heavy (non-hydrogen) atoms. The number of allylic oxidation sites excluding steroid dienone is 2. The van der Waals surface area contributed by atoms with Crippen molar-refractivity contribution in [2.45, 2.75) is 32.4 Å². The molecular formula is C22H23Cl2N3O. The summed E-state index contributed by atoms with van der Waals surface area (Å²) in [4.78, 5) is 4.79. The molecule has 0 unspecified atom stereocenters. The second-order valence-electron chi connectivity index (χ2n) is 6.62. The van der Waals surface area contributed by atoms with Crippen molar-refractivity contribution in [3.05, 3.63) is 82.2 Å². The van der Waals surface area contributed by atoms with Gasteiger partial charge >= 0.3 is 0 Å². The van der Waals surface area contributed by atoms with Gasteiger partial charge in [-0.25, -0.2) is 4.98 Å². The van der Waals surface area contributed by atoms with E-state index in [0.717, 1.165) is 29.1 Å². The van der Waals surface area contributed by atoms with Crippen LogP contribution in [0.2, 0.25) is 10.0 Å². The largest absolute Gasteiger partial charge is 0.508 e. The average Bonchev–Trinajstić information content (AvgIpc) is 3.08. The van der Waals surface area contributed by atoms with Gasteiger partial charge in [-0.1, -0.05) is 54.4 Å². The van der Waals surface area contributed by atoms with Crippen molar-refractivity contribution in [1.82, 2.24) is 9.55 Å². The number of imidazole rings is 1. The number of phenols is 1. The Morgan fingerprint density at radius 3 is 2.57 bits per heavy atom. The van der Waals surface area contributed by atoms with E-state index in [1.54, 1.807) is 24.3 Å². The van der Waals surface area contributed by atoms with Crippen LogP contribution in [0.1, 0.15) is 30.8 Å². The summed E-state index contributed by atoms with van der Waals surface area (Å²) in [6.07, 6.45) is 7.78. The molecule has 3 rings (SSSR count). The minimum atomic E-state index is -0.292. The molecule has 1 atom stereocenters. The van der Waals surface area contributed by atoms with Gasteiger partial charge in [0.2, 0.25) is 0 Å². The topological polar surface area (TPSA) is 64.1 Å². The molecule has 0 radical (unpaired) electrons. The van der Waals surface area contributed by atoms with Crippen LogP contribution in [0.3, 0.4) is 0 Å². The van der Waals surface area contributed by atoms with Gasteiger partial charge in [0.05, 0.1) is 16.8 Å². The van der Waals surface area contributed by atoms with E-state index in [4.69, 9.17) is 33.9 Å². The van der Waals surface area contributed by atoms with Crippen molar-refractivity contribution in [3.8, 4) is 17.0 Å². The van der Waals surface area contributed by atoms with Gasteiger partial charge in [0, 0.05) is 23.3 Å². The number of aromatic nitrogens is 2. The highest BCUT2D eigenvalue weighted by Gasteiger charge is 2.18. The van der Waals surface area contributed by atoms with Crippen LogP contribution in [0.5, 0.6) is 5.75 Å². The Labute approximate surface area is 175 Å². The second-order valence-corrected chi connectivity index (χ2v) is 7.46. The van der Waals surface area contributed by atoms with E-state index in [1.165, 1.54) is 0 Å². The van der Waals surface area contributed by atoms with Gasteiger partial charge in [0.1, 0.15) is 11.6 Å². The zero-order chi connectivity index (χ0) is 20.1. The van der Waals surface area contributed by atoms with E-state index in [2.05, 4.69) is 23.6 Å². The van der Waals surface area contributed by atoms with Gasteiger partial charge < -0.3 is 15.4 Å². The molecule has 4 nitrogen and oxygen atoms in total. The SMILES string of the molecule is CCC=CCn1cc(-c2ccc(Cl)cc2Cl)nc1[C@@H](N)Cc1ccc(O)cc1. The number of phenolic OH excluding ortho intramolecular Hbond substituents is 1. The first-order valence-electron chi connectivity index (χ1n) is 9.19. The van der Waals surface area contributed by atoms with Crippen LogP contribution in [0.25, 0.3) is 11.3 Å². The van der Waals surface area contributed by atoms with E-state index in [9.17, 15) is 5.11 Å². The number of nitrogens with zero attached hydrogens (tertiary/aromatic N) is 2. The molecular weight excluding hydrogens is 393 g/mol. The maximum Gasteiger partial charge on any atom is 0.127 e. The smallest absolute Gasteiger partial charge is 0.127 e. The zero-order valence-corrected chi connectivity index (χ0v) is 17.2. The molecule has 0 fully saturated rings. The fourth-order valence-electron chi connectivity index (χ4n) is 3.03. The van der Waals surface area contributed by atoms with E-state index in [1.807, 2.05) is 24.4 Å². The molecule has 3 N–H and O–H groups in total. The lowest BCUT2D eigenvalue weighted by Gasteiger charge is -2.13. The van der Waals surface area contributed by atoms with E-state index >= 15 is 0 Å². The molecule has 0 aliphatic carbocycles. The normalized spacial score (nSPS) is 12.6. The van der Waals surface area contributed by atoms with Crippen LogP contribution in [-0.4, -0.2) is 14.7 Å². The minimum Gasteiger partial charge on any atom is -0.508 e. The van der Waals surface area contributed by atoms with Crippen molar-refractivity contribution < 1.29 is 5.11 Å². The molecule has 0 aliphatic rings. The van der Waals surface area contributed by atoms with Gasteiger partial charge in [0.15, 0.2) is 0 Å². The lowest BCUT2D eigenvalue weighted by Crippen LogP contribution is -2.18. The van der Waals surface area contributed by atoms with Crippen molar-refractivity contribution >= 4 is 23.2 Å². The molecule has 1 heterocycles. The molecule has 0 saturated heterocycles. The van der Waals surface area contributed by atoms with Gasteiger partial charge in [-0.2, -0.15) is 0 Å². The van der Waals surface area contributed by atoms with Crippen molar-refractivity contribution in [1.29, 1.82) is 0 Å². The van der Waals surface area contributed by atoms with Crippen molar-refractivity contribution in [2.24, 2.45) is 5.73 Å². The van der Waals surface area contributed by atoms with E-state index < -0.39 is 0 Å². The Kier molecular flexibility index (Phi) is 6.79. The molecule has 0 aliphatic heterocycles. The third kappa shape index (κ3) is 4.96. The highest BCUT2D eigenvalue weighted by Crippen LogP contribution is 2.31. The quantitative estimate of drug-likeness (QED) is 0.481. The number of nitrogens with two attached hydrogens (primary N) is 1. The van der Waals surface area contributed by atoms with Crippen LogP contribution in [0.15, 0.2) is 60.8 Å². The molecule has 146 valence electrons. The Bertz CT molecular complexity index is 964. The minimum absolute atomic E-state index is 0.239. The van der Waals surface area contributed by atoms with Gasteiger partial charge in [-0.05, 0) is 48.7 Å². The number of rotatable bonds is 7. The first kappa shape index (κ1) is 20.5. The first-order chi connectivity index (χ1) is 13.5. The van der Waals surface area contributed by atoms with Crippen LogP contribution in [-0.2, 0) is 13.0 Å². The summed E-state index contributed by atoms with van der Waals surface area (Å²) < 4.78 is 2.05. The first-order valence-corrected chi connectivity index (χ1v) is 9.94. The molecule has 0 saturated carbocycles. The number of hydrogen-bond donors (Lipinski definition) is 2. The Morgan fingerprint density at radius 1 is 1.14 bits per heavy atom. The fourth-order valence-corrected chi connectivity index (χ4v) is 3.54. The van der Waals surface area contributed by atoms with Crippen molar-refractivity contribution in [2.75, 3.05) is 0 Å². The summed E-state index contributed by atoms with van der Waals surface area (Å²) in [5, 5.41) is 10.6. The van der Waals surface area contributed by atoms with Crippen LogP contribution >= 0.6 is 23.2 Å². The lowest BCUT2D eigenvalue weighted by atomic mass is 10.1. The Hall–Kier alpha value is -2.27. The van der Waals surface area contributed by atoms with Gasteiger partial charge in [-0.3, -0.25) is 0 Å². The summed E-state index contributed by atoms with van der Waals surface area (Å²) in [5.74, 6) is 1.03. The maximum atomic E-state index is 9.47. The number of aromatic hydroxyl groups is 1. The number of benzene rings is 2. The summed E-state index contributed by atoms with van der Waals surface area (Å²) in [5.41, 5.74) is 9.12. The number of hydrogen-bond acceptors (Lipinski definition) is 3. The Balaban J connectivity index is 1.93.